The van der Waals surface area contributed by atoms with Crippen LogP contribution in [-0.4, -0.2) is 57.3 Å². The summed E-state index contributed by atoms with van der Waals surface area (Å²) in [5.41, 5.74) is 2.37. The maximum absolute atomic E-state index is 14.0. The summed E-state index contributed by atoms with van der Waals surface area (Å²) in [7, 11) is 4.74. The number of nitrogens with one attached hydrogen (secondary N) is 1. The number of methoxy groups -OCH3 is 3. The van der Waals surface area contributed by atoms with E-state index < -0.39 is 6.04 Å². The van der Waals surface area contributed by atoms with Crippen LogP contribution in [0.15, 0.2) is 72.8 Å². The van der Waals surface area contributed by atoms with Crippen molar-refractivity contribution in [2.24, 2.45) is 0 Å². The summed E-state index contributed by atoms with van der Waals surface area (Å²) in [5.74, 6) is 1.40. The Kier molecular flexibility index (Phi) is 9.80. The van der Waals surface area contributed by atoms with Crippen LogP contribution in [0, 0.1) is 0 Å². The molecular formula is C31H36N2O6. The van der Waals surface area contributed by atoms with Gasteiger partial charge < -0.3 is 29.2 Å². The van der Waals surface area contributed by atoms with Crippen LogP contribution in [0.25, 0.3) is 0 Å². The van der Waals surface area contributed by atoms with Crippen LogP contribution in [0.2, 0.25) is 0 Å². The molecular weight excluding hydrogens is 496 g/mol. The van der Waals surface area contributed by atoms with Crippen molar-refractivity contribution in [3.63, 3.8) is 0 Å². The Morgan fingerprint density at radius 2 is 1.64 bits per heavy atom. The van der Waals surface area contributed by atoms with E-state index >= 15 is 0 Å². The highest BCUT2D eigenvalue weighted by Crippen LogP contribution is 2.30. The Morgan fingerprint density at radius 3 is 2.28 bits per heavy atom. The van der Waals surface area contributed by atoms with E-state index in [9.17, 15) is 9.59 Å². The molecule has 0 unspecified atom stereocenters. The summed E-state index contributed by atoms with van der Waals surface area (Å²) in [6.45, 7) is 1.35. The zero-order valence-electron chi connectivity index (χ0n) is 22.7. The van der Waals surface area contributed by atoms with Crippen molar-refractivity contribution < 1.29 is 28.5 Å². The van der Waals surface area contributed by atoms with Crippen LogP contribution < -0.4 is 19.5 Å². The van der Waals surface area contributed by atoms with E-state index in [0.717, 1.165) is 35.3 Å². The molecule has 0 aliphatic carbocycles. The van der Waals surface area contributed by atoms with Crippen molar-refractivity contribution in [2.45, 2.75) is 38.0 Å². The molecule has 0 radical (unpaired) electrons. The summed E-state index contributed by atoms with van der Waals surface area (Å²) in [4.78, 5) is 29.4. The minimum atomic E-state index is -0.831. The average molecular weight is 533 g/mol. The second-order valence-corrected chi connectivity index (χ2v) is 9.43. The second-order valence-electron chi connectivity index (χ2n) is 9.43. The minimum Gasteiger partial charge on any atom is -0.497 e. The van der Waals surface area contributed by atoms with E-state index in [1.165, 1.54) is 0 Å². The van der Waals surface area contributed by atoms with Crippen molar-refractivity contribution in [1.82, 2.24) is 10.2 Å². The van der Waals surface area contributed by atoms with Gasteiger partial charge in [-0.05, 0) is 53.8 Å². The van der Waals surface area contributed by atoms with E-state index in [1.54, 1.807) is 38.4 Å². The van der Waals surface area contributed by atoms with Crippen molar-refractivity contribution in [3.8, 4) is 17.2 Å². The molecule has 2 amide bonds. The molecule has 1 heterocycles. The van der Waals surface area contributed by atoms with Crippen molar-refractivity contribution in [3.05, 3.63) is 89.5 Å². The smallest absolute Gasteiger partial charge is 0.247 e. The first kappa shape index (κ1) is 28.0. The van der Waals surface area contributed by atoms with Gasteiger partial charge in [-0.25, -0.2) is 0 Å². The lowest BCUT2D eigenvalue weighted by molar-refractivity contribution is -0.141. The second kappa shape index (κ2) is 13.7. The summed E-state index contributed by atoms with van der Waals surface area (Å²) in [6, 6.07) is 21.5. The lowest BCUT2D eigenvalue weighted by Crippen LogP contribution is -2.45. The maximum Gasteiger partial charge on any atom is 0.247 e. The van der Waals surface area contributed by atoms with Crippen LogP contribution in [0.1, 0.15) is 35.6 Å². The van der Waals surface area contributed by atoms with Gasteiger partial charge in [-0.3, -0.25) is 9.59 Å². The number of ether oxygens (including phenoxy) is 4. The topological polar surface area (TPSA) is 86.3 Å². The third-order valence-corrected chi connectivity index (χ3v) is 6.84. The molecule has 1 aliphatic rings. The monoisotopic (exact) mass is 532 g/mol. The summed E-state index contributed by atoms with van der Waals surface area (Å²) < 4.78 is 21.8. The van der Waals surface area contributed by atoms with E-state index in [2.05, 4.69) is 5.32 Å². The molecule has 8 heteroatoms. The fourth-order valence-corrected chi connectivity index (χ4v) is 4.74. The number of rotatable bonds is 12. The standard InChI is InChI=1S/C31H36N2O6/c1-36-25-14-11-22(12-15-25)21-33(29(34)19-23-13-16-27(37-2)28(18-23)38-3)30(24-8-5-4-6-9-24)31(35)32-20-26-10-7-17-39-26/h4-6,8-9,11-16,18,26,30H,7,10,17,19-21H2,1-3H3,(H,32,35)/t26-,30-/m1/s1. The molecule has 3 aromatic rings. The highest BCUT2D eigenvalue weighted by molar-refractivity contribution is 5.89. The molecule has 1 fully saturated rings. The van der Waals surface area contributed by atoms with Gasteiger partial charge in [0.2, 0.25) is 11.8 Å². The van der Waals surface area contributed by atoms with Gasteiger partial charge in [0, 0.05) is 19.7 Å². The molecule has 1 saturated heterocycles. The number of amides is 2. The minimum absolute atomic E-state index is 0.0112. The quantitative estimate of drug-likeness (QED) is 0.374. The van der Waals surface area contributed by atoms with Crippen LogP contribution in [0.4, 0.5) is 0 Å². The molecule has 0 saturated carbocycles. The Morgan fingerprint density at radius 1 is 0.923 bits per heavy atom. The molecule has 1 N–H and O–H groups in total. The fourth-order valence-electron chi connectivity index (χ4n) is 4.74. The van der Waals surface area contributed by atoms with Gasteiger partial charge in [0.05, 0.1) is 33.9 Å². The third kappa shape index (κ3) is 7.29. The molecule has 0 bridgehead atoms. The number of carbonyl (C=O) groups is 2. The number of hydrogen-bond donors (Lipinski definition) is 1. The highest BCUT2D eigenvalue weighted by atomic mass is 16.5. The predicted molar refractivity (Wildman–Crippen MR) is 148 cm³/mol. The first-order chi connectivity index (χ1) is 19.0. The molecule has 4 rings (SSSR count). The van der Waals surface area contributed by atoms with Gasteiger partial charge in [0.1, 0.15) is 11.8 Å². The first-order valence-corrected chi connectivity index (χ1v) is 13.1. The molecule has 3 aromatic carbocycles. The molecule has 206 valence electrons. The Labute approximate surface area is 229 Å². The summed E-state index contributed by atoms with van der Waals surface area (Å²) in [5, 5.41) is 3.05. The lowest BCUT2D eigenvalue weighted by atomic mass is 10.0. The first-order valence-electron chi connectivity index (χ1n) is 13.1. The molecule has 8 nitrogen and oxygen atoms in total. The van der Waals surface area contributed by atoms with Gasteiger partial charge in [0.25, 0.3) is 0 Å². The van der Waals surface area contributed by atoms with Gasteiger partial charge >= 0.3 is 0 Å². The van der Waals surface area contributed by atoms with Gasteiger partial charge in [-0.1, -0.05) is 48.5 Å². The van der Waals surface area contributed by atoms with E-state index in [0.29, 0.717) is 24.7 Å². The van der Waals surface area contributed by atoms with E-state index in [-0.39, 0.29) is 30.9 Å². The average Bonchev–Trinajstić information content (AvgIpc) is 3.50. The fraction of sp³-hybridized carbons (Fsp3) is 0.355. The number of hydrogen-bond acceptors (Lipinski definition) is 6. The van der Waals surface area contributed by atoms with E-state index in [4.69, 9.17) is 18.9 Å². The van der Waals surface area contributed by atoms with Crippen molar-refractivity contribution >= 4 is 11.8 Å². The van der Waals surface area contributed by atoms with Crippen LogP contribution in [0.3, 0.4) is 0 Å². The molecule has 39 heavy (non-hydrogen) atoms. The van der Waals surface area contributed by atoms with Crippen molar-refractivity contribution in [2.75, 3.05) is 34.5 Å². The summed E-state index contributed by atoms with van der Waals surface area (Å²) in [6.07, 6.45) is 1.96. The van der Waals surface area contributed by atoms with Gasteiger partial charge in [-0.2, -0.15) is 0 Å². The Bertz CT molecular complexity index is 1230. The Balaban J connectivity index is 1.66. The highest BCUT2D eigenvalue weighted by Gasteiger charge is 2.32. The number of carbonyl (C=O) groups excluding carboxylic acids is 2. The number of nitrogens with zero attached hydrogens (tertiary/aromatic N) is 1. The van der Waals surface area contributed by atoms with Crippen LogP contribution in [-0.2, 0) is 27.3 Å². The molecule has 0 aromatic heterocycles. The molecule has 0 spiro atoms. The van der Waals surface area contributed by atoms with Gasteiger partial charge in [-0.15, -0.1) is 0 Å². The zero-order chi connectivity index (χ0) is 27.6. The molecule has 1 aliphatic heterocycles. The largest absolute Gasteiger partial charge is 0.497 e. The lowest BCUT2D eigenvalue weighted by Gasteiger charge is -2.32. The normalized spacial score (nSPS) is 15.3. The Hall–Kier alpha value is -4.04. The third-order valence-electron chi connectivity index (χ3n) is 6.84. The van der Waals surface area contributed by atoms with Crippen LogP contribution in [0.5, 0.6) is 17.2 Å². The molecule has 2 atom stereocenters. The number of benzene rings is 3. The zero-order valence-corrected chi connectivity index (χ0v) is 22.7. The summed E-state index contributed by atoms with van der Waals surface area (Å²) >= 11 is 0. The maximum atomic E-state index is 14.0. The predicted octanol–water partition coefficient (Wildman–Crippen LogP) is 4.32. The SMILES string of the molecule is COc1ccc(CN(C(=O)Cc2ccc(OC)c(OC)c2)[C@@H](C(=O)NC[C@H]2CCCO2)c2ccccc2)cc1. The van der Waals surface area contributed by atoms with E-state index in [1.807, 2.05) is 60.7 Å². The van der Waals surface area contributed by atoms with Crippen LogP contribution >= 0.6 is 0 Å². The van der Waals surface area contributed by atoms with Crippen molar-refractivity contribution in [1.29, 1.82) is 0 Å². The van der Waals surface area contributed by atoms with Gasteiger partial charge in [0.15, 0.2) is 11.5 Å².